The first kappa shape index (κ1) is 25.7. The SMILES string of the molecule is Cc1c(F)ccc2c1C1(CCN(C/C=C/c3ccc(Cl)cc3)CC1)CN2C(=O)NCc1ccnc(Cl)c1. The number of urea groups is 1. The number of hydrogen-bond acceptors (Lipinski definition) is 3. The van der Waals surface area contributed by atoms with Crippen LogP contribution in [0.5, 0.6) is 0 Å². The summed E-state index contributed by atoms with van der Waals surface area (Å²) in [5.74, 6) is -0.222. The van der Waals surface area contributed by atoms with Crippen LogP contribution in [-0.4, -0.2) is 42.1 Å². The zero-order valence-corrected chi connectivity index (χ0v) is 22.2. The molecule has 0 unspecified atom stereocenters. The second-order valence-corrected chi connectivity index (χ2v) is 10.7. The third-order valence-corrected chi connectivity index (χ3v) is 7.95. The molecular weight excluding hydrogens is 510 g/mol. The molecule has 192 valence electrons. The number of carbonyl (C=O) groups is 1. The number of halogens is 3. The lowest BCUT2D eigenvalue weighted by atomic mass is 9.72. The molecule has 2 aliphatic rings. The van der Waals surface area contributed by atoms with Gasteiger partial charge in [-0.1, -0.05) is 47.5 Å². The number of aromatic nitrogens is 1. The van der Waals surface area contributed by atoms with E-state index in [-0.39, 0.29) is 17.3 Å². The molecule has 0 atom stereocenters. The van der Waals surface area contributed by atoms with Crippen molar-refractivity contribution >= 4 is 41.0 Å². The maximum atomic E-state index is 14.7. The van der Waals surface area contributed by atoms with E-state index in [1.54, 1.807) is 23.2 Å². The van der Waals surface area contributed by atoms with E-state index >= 15 is 0 Å². The van der Waals surface area contributed by atoms with E-state index in [1.807, 2.05) is 37.3 Å². The van der Waals surface area contributed by atoms with Crippen LogP contribution in [0.3, 0.4) is 0 Å². The van der Waals surface area contributed by atoms with Crippen LogP contribution in [-0.2, 0) is 12.0 Å². The first-order valence-electron chi connectivity index (χ1n) is 12.4. The Hall–Kier alpha value is -2.93. The Labute approximate surface area is 226 Å². The van der Waals surface area contributed by atoms with Gasteiger partial charge in [0.15, 0.2) is 0 Å². The topological polar surface area (TPSA) is 48.5 Å². The van der Waals surface area contributed by atoms with E-state index in [2.05, 4.69) is 27.4 Å². The lowest BCUT2D eigenvalue weighted by molar-refractivity contribution is 0.179. The van der Waals surface area contributed by atoms with Gasteiger partial charge in [-0.3, -0.25) is 9.80 Å². The van der Waals surface area contributed by atoms with E-state index in [1.165, 1.54) is 6.07 Å². The Morgan fingerprint density at radius 2 is 1.89 bits per heavy atom. The molecule has 5 nitrogen and oxygen atoms in total. The Morgan fingerprint density at radius 1 is 1.14 bits per heavy atom. The number of nitrogens with one attached hydrogen (secondary N) is 1. The number of rotatable bonds is 5. The van der Waals surface area contributed by atoms with E-state index < -0.39 is 0 Å². The molecule has 1 aromatic heterocycles. The summed E-state index contributed by atoms with van der Waals surface area (Å²) in [4.78, 5) is 21.5. The zero-order valence-electron chi connectivity index (χ0n) is 20.7. The highest BCUT2D eigenvalue weighted by Gasteiger charge is 2.47. The van der Waals surface area contributed by atoms with Crippen LogP contribution in [0, 0.1) is 12.7 Å². The number of fused-ring (bicyclic) bond motifs is 2. The molecule has 1 N–H and O–H groups in total. The van der Waals surface area contributed by atoms with Gasteiger partial charge in [-0.2, -0.15) is 0 Å². The van der Waals surface area contributed by atoms with Crippen molar-refractivity contribution < 1.29 is 9.18 Å². The number of piperidine rings is 1. The summed E-state index contributed by atoms with van der Waals surface area (Å²) in [5, 5.41) is 4.12. The molecule has 3 heterocycles. The van der Waals surface area contributed by atoms with Crippen LogP contribution in [0.15, 0.2) is 60.8 Å². The summed E-state index contributed by atoms with van der Waals surface area (Å²) < 4.78 is 14.7. The average molecular weight is 539 g/mol. The number of amides is 2. The van der Waals surface area contributed by atoms with Gasteiger partial charge in [0.2, 0.25) is 0 Å². The third-order valence-electron chi connectivity index (χ3n) is 7.50. The summed E-state index contributed by atoms with van der Waals surface area (Å²) in [6, 6.07) is 14.4. The van der Waals surface area contributed by atoms with Crippen molar-refractivity contribution in [1.82, 2.24) is 15.2 Å². The first-order valence-corrected chi connectivity index (χ1v) is 13.2. The van der Waals surface area contributed by atoms with Gasteiger partial charge in [-0.05, 0) is 91.5 Å². The highest BCUT2D eigenvalue weighted by atomic mass is 35.5. The Balaban J connectivity index is 1.28. The standard InChI is InChI=1S/C29H29Cl2FN4O/c1-20-24(32)8-9-25-27(20)29(19-36(25)28(37)34-18-22-10-13-33-26(31)17-22)11-15-35(16-12-29)14-2-3-21-4-6-23(30)7-5-21/h2-10,13,17H,11-12,14-16,18-19H2,1H3,(H,34,37)/b3-2+. The zero-order chi connectivity index (χ0) is 26.0. The fourth-order valence-corrected chi connectivity index (χ4v) is 5.85. The second kappa shape index (κ2) is 10.8. The van der Waals surface area contributed by atoms with Crippen molar-refractivity contribution in [3.05, 3.63) is 99.1 Å². The number of carbonyl (C=O) groups excluding carboxylic acids is 1. The molecular formula is C29H29Cl2FN4O. The number of nitrogens with zero attached hydrogens (tertiary/aromatic N) is 3. The first-order chi connectivity index (χ1) is 17.8. The predicted octanol–water partition coefficient (Wildman–Crippen LogP) is 6.61. The molecule has 0 aliphatic carbocycles. The monoisotopic (exact) mass is 538 g/mol. The van der Waals surface area contributed by atoms with Gasteiger partial charge in [0.25, 0.3) is 0 Å². The fraction of sp³-hybridized carbons (Fsp3) is 0.310. The molecule has 3 aromatic rings. The summed E-state index contributed by atoms with van der Waals surface area (Å²) >= 11 is 12.0. The number of anilines is 1. The van der Waals surface area contributed by atoms with Crippen molar-refractivity contribution in [2.24, 2.45) is 0 Å². The van der Waals surface area contributed by atoms with Crippen molar-refractivity contribution in [2.75, 3.05) is 31.1 Å². The van der Waals surface area contributed by atoms with Gasteiger partial charge >= 0.3 is 6.03 Å². The minimum absolute atomic E-state index is 0.189. The Morgan fingerprint density at radius 3 is 2.62 bits per heavy atom. The maximum Gasteiger partial charge on any atom is 0.322 e. The van der Waals surface area contributed by atoms with Gasteiger partial charge < -0.3 is 5.32 Å². The van der Waals surface area contributed by atoms with Crippen LogP contribution >= 0.6 is 23.2 Å². The molecule has 1 fully saturated rings. The maximum absolute atomic E-state index is 14.7. The highest BCUT2D eigenvalue weighted by molar-refractivity contribution is 6.30. The van der Waals surface area contributed by atoms with E-state index in [0.717, 1.165) is 59.9 Å². The largest absolute Gasteiger partial charge is 0.334 e. The number of hydrogen-bond donors (Lipinski definition) is 1. The summed E-state index contributed by atoms with van der Waals surface area (Å²) in [6.45, 7) is 5.32. The Kier molecular flexibility index (Phi) is 7.52. The summed E-state index contributed by atoms with van der Waals surface area (Å²) in [6.07, 6.45) is 7.62. The second-order valence-electron chi connectivity index (χ2n) is 9.83. The molecule has 0 radical (unpaired) electrons. The number of likely N-dealkylation sites (tertiary alicyclic amines) is 1. The van der Waals surface area contributed by atoms with Crippen molar-refractivity contribution in [2.45, 2.75) is 31.7 Å². The number of benzene rings is 2. The third kappa shape index (κ3) is 5.52. The molecule has 2 amide bonds. The minimum atomic E-state index is -0.255. The van der Waals surface area contributed by atoms with E-state index in [4.69, 9.17) is 23.2 Å². The molecule has 2 aliphatic heterocycles. The van der Waals surface area contributed by atoms with E-state index in [9.17, 15) is 9.18 Å². The van der Waals surface area contributed by atoms with Crippen LogP contribution in [0.2, 0.25) is 10.2 Å². The van der Waals surface area contributed by atoms with Crippen molar-refractivity contribution in [1.29, 1.82) is 0 Å². The van der Waals surface area contributed by atoms with Gasteiger partial charge in [-0.25, -0.2) is 14.2 Å². The highest BCUT2D eigenvalue weighted by Crippen LogP contribution is 2.49. The molecule has 5 rings (SSSR count). The minimum Gasteiger partial charge on any atom is -0.334 e. The summed E-state index contributed by atoms with van der Waals surface area (Å²) in [7, 11) is 0. The normalized spacial score (nSPS) is 16.9. The molecule has 1 saturated heterocycles. The van der Waals surface area contributed by atoms with Gasteiger partial charge in [0.05, 0.1) is 0 Å². The van der Waals surface area contributed by atoms with Crippen LogP contribution in [0.1, 0.15) is 35.1 Å². The predicted molar refractivity (Wildman–Crippen MR) is 148 cm³/mol. The Bertz CT molecular complexity index is 1320. The van der Waals surface area contributed by atoms with Gasteiger partial charge in [-0.15, -0.1) is 0 Å². The lowest BCUT2D eigenvalue weighted by Gasteiger charge is -2.40. The lowest BCUT2D eigenvalue weighted by Crippen LogP contribution is -2.47. The fourth-order valence-electron chi connectivity index (χ4n) is 5.52. The van der Waals surface area contributed by atoms with Crippen LogP contribution in [0.25, 0.3) is 6.08 Å². The molecule has 0 saturated carbocycles. The van der Waals surface area contributed by atoms with Gasteiger partial charge in [0.1, 0.15) is 11.0 Å². The summed E-state index contributed by atoms with van der Waals surface area (Å²) in [5.41, 5.74) is 4.16. The van der Waals surface area contributed by atoms with Crippen LogP contribution in [0.4, 0.5) is 14.9 Å². The van der Waals surface area contributed by atoms with Crippen molar-refractivity contribution in [3.8, 4) is 0 Å². The number of pyridine rings is 1. The molecule has 0 bridgehead atoms. The van der Waals surface area contributed by atoms with Crippen LogP contribution < -0.4 is 10.2 Å². The quantitative estimate of drug-likeness (QED) is 0.371. The smallest absolute Gasteiger partial charge is 0.322 e. The molecule has 8 heteroatoms. The van der Waals surface area contributed by atoms with E-state index in [0.29, 0.717) is 23.8 Å². The van der Waals surface area contributed by atoms with Crippen molar-refractivity contribution in [3.63, 3.8) is 0 Å². The molecule has 1 spiro atoms. The molecule has 2 aromatic carbocycles. The average Bonchev–Trinajstić information content (AvgIpc) is 3.21. The molecule has 37 heavy (non-hydrogen) atoms. The van der Waals surface area contributed by atoms with Gasteiger partial charge in [0, 0.05) is 42.0 Å².